The van der Waals surface area contributed by atoms with E-state index in [9.17, 15) is 18.3 Å². The summed E-state index contributed by atoms with van der Waals surface area (Å²) in [6.07, 6.45) is 1.43. The summed E-state index contributed by atoms with van der Waals surface area (Å²) in [6, 6.07) is 13.6. The fraction of sp³-hybridized carbons (Fsp3) is 0.200. The van der Waals surface area contributed by atoms with E-state index in [0.29, 0.717) is 11.3 Å². The Balaban J connectivity index is 2.23. The Labute approximate surface area is 123 Å². The van der Waals surface area contributed by atoms with Gasteiger partial charge in [-0.2, -0.15) is 0 Å². The Morgan fingerprint density at radius 3 is 2.33 bits per heavy atom. The van der Waals surface area contributed by atoms with Gasteiger partial charge in [0.2, 0.25) is 0 Å². The lowest BCUT2D eigenvalue weighted by atomic mass is 10.1. The van der Waals surface area contributed by atoms with Crippen LogP contribution in [0.5, 0.6) is 0 Å². The quantitative estimate of drug-likeness (QED) is 0.878. The van der Waals surface area contributed by atoms with Crippen LogP contribution in [0.4, 0.5) is 0 Å². The molecule has 1 heterocycles. The summed E-state index contributed by atoms with van der Waals surface area (Å²) >= 11 is 0. The number of sulfone groups is 1. The molecular weight excluding hydrogens is 290 g/mol. The minimum Gasteiger partial charge on any atom is -0.480 e. The van der Waals surface area contributed by atoms with Crippen molar-refractivity contribution < 1.29 is 18.3 Å². The largest absolute Gasteiger partial charge is 0.480 e. The predicted molar refractivity (Wildman–Crippen MR) is 78.4 cm³/mol. The van der Waals surface area contributed by atoms with Crippen LogP contribution in [-0.4, -0.2) is 29.7 Å². The van der Waals surface area contributed by atoms with Gasteiger partial charge in [-0.1, -0.05) is 36.4 Å². The van der Waals surface area contributed by atoms with Gasteiger partial charge in [-0.15, -0.1) is 0 Å². The summed E-state index contributed by atoms with van der Waals surface area (Å²) in [6.45, 7) is 0. The molecule has 1 aromatic heterocycles. The van der Waals surface area contributed by atoms with E-state index in [4.69, 9.17) is 0 Å². The molecule has 2 rings (SSSR count). The molecule has 1 N–H and O–H groups in total. The van der Waals surface area contributed by atoms with Crippen LogP contribution in [-0.2, 0) is 26.8 Å². The summed E-state index contributed by atoms with van der Waals surface area (Å²) in [4.78, 5) is 15.3. The zero-order chi connectivity index (χ0) is 15.3. The van der Waals surface area contributed by atoms with Gasteiger partial charge in [0, 0.05) is 6.20 Å². The van der Waals surface area contributed by atoms with Crippen molar-refractivity contribution in [2.75, 3.05) is 0 Å². The van der Waals surface area contributed by atoms with Crippen molar-refractivity contribution in [3.8, 4) is 0 Å². The van der Waals surface area contributed by atoms with Gasteiger partial charge in [-0.25, -0.2) is 8.42 Å². The lowest BCUT2D eigenvalue weighted by molar-refractivity contribution is -0.136. The summed E-state index contributed by atoms with van der Waals surface area (Å²) in [5, 5.41) is 7.78. The fourth-order valence-electron chi connectivity index (χ4n) is 1.99. The maximum Gasteiger partial charge on any atom is 0.322 e. The number of hydrogen-bond acceptors (Lipinski definition) is 4. The van der Waals surface area contributed by atoms with E-state index in [1.807, 2.05) is 0 Å². The van der Waals surface area contributed by atoms with E-state index in [1.165, 1.54) is 6.20 Å². The highest BCUT2D eigenvalue weighted by atomic mass is 32.2. The molecule has 0 spiro atoms. The zero-order valence-electron chi connectivity index (χ0n) is 11.2. The fourth-order valence-corrected chi connectivity index (χ4v) is 3.52. The third kappa shape index (κ3) is 4.13. The summed E-state index contributed by atoms with van der Waals surface area (Å²) in [5.41, 5.74) is 1.02. The number of aliphatic carboxylic acids is 1. The Bertz CT molecular complexity index is 699. The number of carboxylic acids is 1. The van der Waals surface area contributed by atoms with Crippen LogP contribution in [0.25, 0.3) is 0 Å². The second-order valence-electron chi connectivity index (χ2n) is 4.64. The number of hydrogen-bond donors (Lipinski definition) is 1. The molecule has 1 unspecified atom stereocenters. The van der Waals surface area contributed by atoms with Gasteiger partial charge in [-0.05, 0) is 24.1 Å². The first kappa shape index (κ1) is 15.2. The molecule has 0 radical (unpaired) electrons. The maximum absolute atomic E-state index is 12.3. The molecule has 0 bridgehead atoms. The molecule has 0 amide bonds. The molecule has 110 valence electrons. The minimum atomic E-state index is -3.83. The molecule has 0 saturated heterocycles. The molecule has 6 heteroatoms. The molecule has 1 atom stereocenters. The maximum atomic E-state index is 12.3. The normalized spacial score (nSPS) is 12.8. The van der Waals surface area contributed by atoms with Crippen LogP contribution in [0, 0.1) is 0 Å². The molecule has 0 aliphatic carbocycles. The SMILES string of the molecule is O=C(O)C(Cc1ccccc1)S(=O)(=O)Cc1ccccn1. The molecule has 1 aromatic carbocycles. The van der Waals surface area contributed by atoms with Crippen molar-refractivity contribution in [1.29, 1.82) is 0 Å². The highest BCUT2D eigenvalue weighted by molar-refractivity contribution is 7.92. The van der Waals surface area contributed by atoms with Crippen molar-refractivity contribution in [2.45, 2.75) is 17.4 Å². The summed E-state index contributed by atoms with van der Waals surface area (Å²) < 4.78 is 24.7. The van der Waals surface area contributed by atoms with Crippen LogP contribution in [0.2, 0.25) is 0 Å². The molecular formula is C15H15NO4S. The van der Waals surface area contributed by atoms with Crippen molar-refractivity contribution >= 4 is 15.8 Å². The molecule has 0 aliphatic heterocycles. The lowest BCUT2D eigenvalue weighted by Crippen LogP contribution is -2.33. The number of carboxylic acid groups (broad SMARTS) is 1. The van der Waals surface area contributed by atoms with E-state index >= 15 is 0 Å². The molecule has 0 fully saturated rings. The van der Waals surface area contributed by atoms with E-state index in [-0.39, 0.29) is 12.2 Å². The number of aromatic nitrogens is 1. The number of rotatable bonds is 6. The average Bonchev–Trinajstić information content (AvgIpc) is 2.46. The third-order valence-corrected chi connectivity index (χ3v) is 4.98. The van der Waals surface area contributed by atoms with E-state index in [2.05, 4.69) is 4.98 Å². The highest BCUT2D eigenvalue weighted by Gasteiger charge is 2.32. The number of pyridine rings is 1. The van der Waals surface area contributed by atoms with Gasteiger partial charge in [0.05, 0.1) is 11.4 Å². The first-order valence-electron chi connectivity index (χ1n) is 6.37. The van der Waals surface area contributed by atoms with Gasteiger partial charge in [-0.3, -0.25) is 9.78 Å². The van der Waals surface area contributed by atoms with Crippen LogP contribution >= 0.6 is 0 Å². The van der Waals surface area contributed by atoms with Gasteiger partial charge in [0.15, 0.2) is 15.1 Å². The average molecular weight is 305 g/mol. The Hall–Kier alpha value is -2.21. The first-order chi connectivity index (χ1) is 9.99. The van der Waals surface area contributed by atoms with Crippen LogP contribution in [0.3, 0.4) is 0 Å². The first-order valence-corrected chi connectivity index (χ1v) is 8.09. The lowest BCUT2D eigenvalue weighted by Gasteiger charge is -2.13. The Morgan fingerprint density at radius 2 is 1.76 bits per heavy atom. The van der Waals surface area contributed by atoms with Crippen LogP contribution in [0.1, 0.15) is 11.3 Å². The minimum absolute atomic E-state index is 0.0503. The summed E-state index contributed by atoms with van der Waals surface area (Å²) in [5.74, 6) is -1.72. The highest BCUT2D eigenvalue weighted by Crippen LogP contribution is 2.15. The van der Waals surface area contributed by atoms with Crippen molar-refractivity contribution in [3.63, 3.8) is 0 Å². The van der Waals surface area contributed by atoms with Crippen LogP contribution in [0.15, 0.2) is 54.7 Å². The van der Waals surface area contributed by atoms with Gasteiger partial charge in [0.25, 0.3) is 0 Å². The smallest absolute Gasteiger partial charge is 0.322 e. The zero-order valence-corrected chi connectivity index (χ0v) is 12.0. The second-order valence-corrected chi connectivity index (χ2v) is 6.83. The monoisotopic (exact) mass is 305 g/mol. The van der Waals surface area contributed by atoms with Crippen LogP contribution < -0.4 is 0 Å². The third-order valence-electron chi connectivity index (χ3n) is 3.05. The molecule has 21 heavy (non-hydrogen) atoms. The van der Waals surface area contributed by atoms with Gasteiger partial charge < -0.3 is 5.11 Å². The van der Waals surface area contributed by atoms with E-state index in [1.54, 1.807) is 48.5 Å². The molecule has 2 aromatic rings. The van der Waals surface area contributed by atoms with Crippen molar-refractivity contribution in [2.24, 2.45) is 0 Å². The number of benzene rings is 1. The van der Waals surface area contributed by atoms with Crippen molar-refractivity contribution in [1.82, 2.24) is 4.98 Å². The standard InChI is InChI=1S/C15H15NO4S/c17-15(18)14(10-12-6-2-1-3-7-12)21(19,20)11-13-8-4-5-9-16-13/h1-9,14H,10-11H2,(H,17,18). The Kier molecular flexibility index (Phi) is 4.70. The second kappa shape index (κ2) is 6.49. The van der Waals surface area contributed by atoms with E-state index < -0.39 is 21.1 Å². The molecule has 0 aliphatic rings. The van der Waals surface area contributed by atoms with Gasteiger partial charge in [0.1, 0.15) is 0 Å². The van der Waals surface area contributed by atoms with Crippen molar-refractivity contribution in [3.05, 3.63) is 66.0 Å². The topological polar surface area (TPSA) is 84.3 Å². The van der Waals surface area contributed by atoms with Gasteiger partial charge >= 0.3 is 5.97 Å². The Morgan fingerprint density at radius 1 is 1.10 bits per heavy atom. The predicted octanol–water partition coefficient (Wildman–Crippen LogP) is 1.69. The molecule has 0 saturated carbocycles. The number of nitrogens with zero attached hydrogens (tertiary/aromatic N) is 1. The molecule has 5 nitrogen and oxygen atoms in total. The number of carbonyl (C=O) groups is 1. The van der Waals surface area contributed by atoms with E-state index in [0.717, 1.165) is 0 Å². The summed E-state index contributed by atoms with van der Waals surface area (Å²) in [7, 11) is -3.83.